The van der Waals surface area contributed by atoms with E-state index in [1.807, 2.05) is 20.8 Å². The average Bonchev–Trinajstić information content (AvgIpc) is 1.85. The van der Waals surface area contributed by atoms with Crippen molar-refractivity contribution in [1.82, 2.24) is 4.72 Å². The first kappa shape index (κ1) is 12.4. The summed E-state index contributed by atoms with van der Waals surface area (Å²) in [7, 11) is -3.08. The summed E-state index contributed by atoms with van der Waals surface area (Å²) in [6.07, 6.45) is 0.647. The lowest BCUT2D eigenvalue weighted by Gasteiger charge is -2.22. The fraction of sp³-hybridized carbons (Fsp3) is 1.00. The quantitative estimate of drug-likeness (QED) is 0.759. The van der Waals surface area contributed by atoms with Crippen molar-refractivity contribution in [2.45, 2.75) is 32.7 Å². The van der Waals surface area contributed by atoms with Crippen molar-refractivity contribution in [1.29, 1.82) is 0 Å². The molecule has 3 nitrogen and oxygen atoms in total. The first-order chi connectivity index (χ1) is 5.33. The Labute approximate surface area is 83.1 Å². The van der Waals surface area contributed by atoms with Crippen LogP contribution in [0.25, 0.3) is 0 Å². The number of alkyl halides is 1. The van der Waals surface area contributed by atoms with E-state index >= 15 is 0 Å². The molecule has 5 heteroatoms. The van der Waals surface area contributed by atoms with E-state index < -0.39 is 15.6 Å². The second kappa shape index (κ2) is 4.58. The maximum atomic E-state index is 11.3. The lowest BCUT2D eigenvalue weighted by atomic mass is 10.1. The average molecular weight is 258 g/mol. The molecular formula is C7H16BrNO2S. The zero-order chi connectivity index (χ0) is 9.83. The highest BCUT2D eigenvalue weighted by Crippen LogP contribution is 2.08. The third-order valence-corrected chi connectivity index (χ3v) is 4.45. The van der Waals surface area contributed by atoms with Crippen molar-refractivity contribution >= 4 is 26.0 Å². The summed E-state index contributed by atoms with van der Waals surface area (Å²) in [6.45, 7) is 5.53. The molecule has 0 amide bonds. The monoisotopic (exact) mass is 257 g/mol. The van der Waals surface area contributed by atoms with E-state index in [4.69, 9.17) is 0 Å². The molecule has 12 heavy (non-hydrogen) atoms. The first-order valence-electron chi connectivity index (χ1n) is 3.90. The van der Waals surface area contributed by atoms with E-state index in [0.717, 1.165) is 0 Å². The number of sulfonamides is 1. The van der Waals surface area contributed by atoms with Gasteiger partial charge in [-0.25, -0.2) is 13.1 Å². The molecule has 0 spiro atoms. The summed E-state index contributed by atoms with van der Waals surface area (Å²) < 4.78 is 25.2. The van der Waals surface area contributed by atoms with Gasteiger partial charge in [-0.1, -0.05) is 22.9 Å². The van der Waals surface area contributed by atoms with Gasteiger partial charge in [-0.05, 0) is 20.3 Å². The molecule has 0 bridgehead atoms. The van der Waals surface area contributed by atoms with E-state index in [9.17, 15) is 8.42 Å². The minimum absolute atomic E-state index is 0.198. The first-order valence-corrected chi connectivity index (χ1v) is 6.68. The number of hydrogen-bond acceptors (Lipinski definition) is 2. The third-order valence-electron chi connectivity index (χ3n) is 1.24. The number of halogens is 1. The van der Waals surface area contributed by atoms with Crippen LogP contribution in [-0.4, -0.2) is 25.0 Å². The number of nitrogens with one attached hydrogen (secondary N) is 1. The van der Waals surface area contributed by atoms with Crippen LogP contribution in [0.15, 0.2) is 0 Å². The van der Waals surface area contributed by atoms with Gasteiger partial charge in [0.2, 0.25) is 10.0 Å². The van der Waals surface area contributed by atoms with Gasteiger partial charge in [0.15, 0.2) is 0 Å². The predicted octanol–water partition coefficient (Wildman–Crippen LogP) is 1.49. The van der Waals surface area contributed by atoms with Gasteiger partial charge in [-0.2, -0.15) is 0 Å². The topological polar surface area (TPSA) is 46.2 Å². The van der Waals surface area contributed by atoms with Gasteiger partial charge in [-0.15, -0.1) is 0 Å². The molecule has 0 saturated carbocycles. The molecule has 74 valence electrons. The molecule has 0 radical (unpaired) electrons. The molecule has 0 aliphatic rings. The standard InChI is InChI=1S/C7H16BrNO2S/c1-4-5-12(10,11)9-7(2,3)6-8/h9H,4-6H2,1-3H3. The molecule has 0 atom stereocenters. The summed E-state index contributed by atoms with van der Waals surface area (Å²) >= 11 is 3.25. The molecule has 0 aromatic carbocycles. The summed E-state index contributed by atoms with van der Waals surface area (Å²) in [5.41, 5.74) is -0.395. The second-order valence-corrected chi connectivity index (χ2v) is 5.84. The van der Waals surface area contributed by atoms with Gasteiger partial charge in [-0.3, -0.25) is 0 Å². The van der Waals surface area contributed by atoms with Gasteiger partial charge >= 0.3 is 0 Å². The summed E-state index contributed by atoms with van der Waals surface area (Å²) in [5, 5.41) is 0.614. The van der Waals surface area contributed by atoms with Crippen molar-refractivity contribution in [2.75, 3.05) is 11.1 Å². The summed E-state index contributed by atoms with van der Waals surface area (Å²) in [6, 6.07) is 0. The molecule has 0 aliphatic heterocycles. The second-order valence-electron chi connectivity index (χ2n) is 3.44. The normalized spacial score (nSPS) is 13.3. The largest absolute Gasteiger partial charge is 0.212 e. The Kier molecular flexibility index (Phi) is 4.73. The fourth-order valence-electron chi connectivity index (χ4n) is 0.768. The van der Waals surface area contributed by atoms with E-state index in [2.05, 4.69) is 20.7 Å². The fourth-order valence-corrected chi connectivity index (χ4v) is 2.65. The lowest BCUT2D eigenvalue weighted by molar-refractivity contribution is 0.500. The zero-order valence-corrected chi connectivity index (χ0v) is 10.1. The Bertz CT molecular complexity index is 224. The Balaban J connectivity index is 4.25. The highest BCUT2D eigenvalue weighted by atomic mass is 79.9. The minimum Gasteiger partial charge on any atom is -0.212 e. The highest BCUT2D eigenvalue weighted by molar-refractivity contribution is 9.09. The Hall–Kier alpha value is 0.390. The van der Waals surface area contributed by atoms with Gasteiger partial charge in [0.05, 0.1) is 5.75 Å². The van der Waals surface area contributed by atoms with Gasteiger partial charge in [0.25, 0.3) is 0 Å². The molecule has 0 rings (SSSR count). The maximum Gasteiger partial charge on any atom is 0.212 e. The maximum absolute atomic E-state index is 11.3. The van der Waals surface area contributed by atoms with Gasteiger partial charge in [0, 0.05) is 10.9 Å². The number of rotatable bonds is 5. The zero-order valence-electron chi connectivity index (χ0n) is 7.72. The predicted molar refractivity (Wildman–Crippen MR) is 55.1 cm³/mol. The molecular weight excluding hydrogens is 242 g/mol. The van der Waals surface area contributed by atoms with E-state index in [1.165, 1.54) is 0 Å². The Morgan fingerprint density at radius 2 is 1.92 bits per heavy atom. The van der Waals surface area contributed by atoms with Crippen molar-refractivity contribution in [3.05, 3.63) is 0 Å². The minimum atomic E-state index is -3.08. The van der Waals surface area contributed by atoms with Gasteiger partial charge in [0.1, 0.15) is 0 Å². The van der Waals surface area contributed by atoms with Crippen molar-refractivity contribution in [3.8, 4) is 0 Å². The van der Waals surface area contributed by atoms with E-state index in [1.54, 1.807) is 0 Å². The van der Waals surface area contributed by atoms with Crippen LogP contribution in [0.2, 0.25) is 0 Å². The molecule has 0 saturated heterocycles. The molecule has 0 unspecified atom stereocenters. The van der Waals surface area contributed by atoms with Crippen LogP contribution in [0.5, 0.6) is 0 Å². The smallest absolute Gasteiger partial charge is 0.212 e. The molecule has 0 aliphatic carbocycles. The molecule has 1 N–H and O–H groups in total. The summed E-state index contributed by atoms with van der Waals surface area (Å²) in [4.78, 5) is 0. The van der Waals surface area contributed by atoms with Crippen LogP contribution in [-0.2, 0) is 10.0 Å². The molecule has 0 aromatic heterocycles. The SMILES string of the molecule is CCCS(=O)(=O)NC(C)(C)CBr. The van der Waals surface area contributed by atoms with Crippen LogP contribution < -0.4 is 4.72 Å². The van der Waals surface area contributed by atoms with Crippen molar-refractivity contribution in [3.63, 3.8) is 0 Å². The Morgan fingerprint density at radius 3 is 2.25 bits per heavy atom. The van der Waals surface area contributed by atoms with Crippen molar-refractivity contribution in [2.24, 2.45) is 0 Å². The van der Waals surface area contributed by atoms with Crippen LogP contribution in [0.3, 0.4) is 0 Å². The highest BCUT2D eigenvalue weighted by Gasteiger charge is 2.22. The third kappa shape index (κ3) is 5.11. The van der Waals surface area contributed by atoms with E-state index in [-0.39, 0.29) is 5.75 Å². The van der Waals surface area contributed by atoms with E-state index in [0.29, 0.717) is 11.8 Å². The van der Waals surface area contributed by atoms with Crippen LogP contribution >= 0.6 is 15.9 Å². The molecule has 0 heterocycles. The van der Waals surface area contributed by atoms with Gasteiger partial charge < -0.3 is 0 Å². The summed E-state index contributed by atoms with van der Waals surface area (Å²) in [5.74, 6) is 0.198. The lowest BCUT2D eigenvalue weighted by Crippen LogP contribution is -2.45. The molecule has 0 aromatic rings. The Morgan fingerprint density at radius 1 is 1.42 bits per heavy atom. The van der Waals surface area contributed by atoms with Crippen molar-refractivity contribution < 1.29 is 8.42 Å². The van der Waals surface area contributed by atoms with Crippen LogP contribution in [0.1, 0.15) is 27.2 Å². The van der Waals surface area contributed by atoms with Crippen LogP contribution in [0, 0.1) is 0 Å². The molecule has 0 fully saturated rings. The number of hydrogen-bond donors (Lipinski definition) is 1. The van der Waals surface area contributed by atoms with Crippen LogP contribution in [0.4, 0.5) is 0 Å².